The van der Waals surface area contributed by atoms with Gasteiger partial charge < -0.3 is 15.2 Å². The summed E-state index contributed by atoms with van der Waals surface area (Å²) in [5.41, 5.74) is 3.07. The molecule has 30 heavy (non-hydrogen) atoms. The second-order valence-corrected chi connectivity index (χ2v) is 8.19. The SMILES string of the molecule is CNC(=O)c1ccc(-c2cccc3c2CCN(C(=O)OC(C)(C)C)[C@@H]3C(=O)O)cc1. The molecule has 2 amide bonds. The average Bonchev–Trinajstić information content (AvgIpc) is 2.70. The highest BCUT2D eigenvalue weighted by atomic mass is 16.6. The molecule has 2 aromatic rings. The van der Waals surface area contributed by atoms with Gasteiger partial charge in [-0.1, -0.05) is 30.3 Å². The van der Waals surface area contributed by atoms with Crippen molar-refractivity contribution in [2.45, 2.75) is 38.8 Å². The maximum atomic E-state index is 12.6. The van der Waals surface area contributed by atoms with E-state index in [1.165, 1.54) is 4.90 Å². The Balaban J connectivity index is 1.99. The molecule has 0 aliphatic carbocycles. The number of aliphatic carboxylic acids is 1. The van der Waals surface area contributed by atoms with Crippen LogP contribution in [-0.4, -0.2) is 47.2 Å². The van der Waals surface area contributed by atoms with Crippen LogP contribution in [0.5, 0.6) is 0 Å². The minimum absolute atomic E-state index is 0.171. The monoisotopic (exact) mass is 410 g/mol. The van der Waals surface area contributed by atoms with E-state index in [4.69, 9.17) is 4.74 Å². The van der Waals surface area contributed by atoms with Crippen molar-refractivity contribution < 1.29 is 24.2 Å². The number of ether oxygens (including phenoxy) is 1. The fourth-order valence-corrected chi connectivity index (χ4v) is 3.67. The zero-order valence-electron chi connectivity index (χ0n) is 17.6. The first-order valence-electron chi connectivity index (χ1n) is 9.79. The summed E-state index contributed by atoms with van der Waals surface area (Å²) in [6.45, 7) is 5.49. The molecule has 2 aromatic carbocycles. The number of carboxylic acid groups (broad SMARTS) is 1. The number of nitrogens with zero attached hydrogens (tertiary/aromatic N) is 1. The molecule has 2 N–H and O–H groups in total. The maximum absolute atomic E-state index is 12.6. The van der Waals surface area contributed by atoms with Crippen molar-refractivity contribution in [2.75, 3.05) is 13.6 Å². The van der Waals surface area contributed by atoms with Gasteiger partial charge in [-0.3, -0.25) is 9.69 Å². The number of nitrogens with one attached hydrogen (secondary N) is 1. The molecule has 0 spiro atoms. The summed E-state index contributed by atoms with van der Waals surface area (Å²) in [6.07, 6.45) is -0.132. The molecule has 0 unspecified atom stereocenters. The third-order valence-corrected chi connectivity index (χ3v) is 4.97. The Hall–Kier alpha value is -3.35. The Labute approximate surface area is 175 Å². The minimum Gasteiger partial charge on any atom is -0.479 e. The molecule has 158 valence electrons. The molecular weight excluding hydrogens is 384 g/mol. The van der Waals surface area contributed by atoms with Crippen LogP contribution >= 0.6 is 0 Å². The lowest BCUT2D eigenvalue weighted by molar-refractivity contribution is -0.143. The van der Waals surface area contributed by atoms with Crippen LogP contribution in [-0.2, 0) is 16.0 Å². The largest absolute Gasteiger partial charge is 0.479 e. The van der Waals surface area contributed by atoms with Crippen molar-refractivity contribution in [3.63, 3.8) is 0 Å². The van der Waals surface area contributed by atoms with Gasteiger partial charge in [0.2, 0.25) is 0 Å². The summed E-state index contributed by atoms with van der Waals surface area (Å²) < 4.78 is 5.42. The van der Waals surface area contributed by atoms with Crippen molar-refractivity contribution in [1.29, 1.82) is 0 Å². The highest BCUT2D eigenvalue weighted by Crippen LogP contribution is 2.37. The van der Waals surface area contributed by atoms with Crippen LogP contribution in [0.4, 0.5) is 4.79 Å². The molecule has 0 saturated carbocycles. The van der Waals surface area contributed by atoms with Crippen LogP contribution in [0.15, 0.2) is 42.5 Å². The maximum Gasteiger partial charge on any atom is 0.411 e. The summed E-state index contributed by atoms with van der Waals surface area (Å²) in [6, 6.07) is 11.5. The van der Waals surface area contributed by atoms with Crippen LogP contribution in [0.2, 0.25) is 0 Å². The Bertz CT molecular complexity index is 976. The third-order valence-electron chi connectivity index (χ3n) is 4.97. The molecule has 1 atom stereocenters. The van der Waals surface area contributed by atoms with E-state index in [1.807, 2.05) is 18.2 Å². The molecule has 7 heteroatoms. The first-order chi connectivity index (χ1) is 14.1. The van der Waals surface area contributed by atoms with Crippen LogP contribution in [0.3, 0.4) is 0 Å². The number of fused-ring (bicyclic) bond motifs is 1. The molecule has 0 fully saturated rings. The Kier molecular flexibility index (Phi) is 5.82. The van der Waals surface area contributed by atoms with Crippen LogP contribution in [0.1, 0.15) is 48.3 Å². The predicted octanol–water partition coefficient (Wildman–Crippen LogP) is 3.63. The molecule has 0 aromatic heterocycles. The Morgan fingerprint density at radius 3 is 2.33 bits per heavy atom. The van der Waals surface area contributed by atoms with E-state index in [1.54, 1.807) is 52.1 Å². The smallest absolute Gasteiger partial charge is 0.411 e. The van der Waals surface area contributed by atoms with E-state index >= 15 is 0 Å². The highest BCUT2D eigenvalue weighted by molar-refractivity contribution is 5.94. The molecular formula is C23H26N2O5. The summed E-state index contributed by atoms with van der Waals surface area (Å²) in [5.74, 6) is -1.27. The molecule has 7 nitrogen and oxygen atoms in total. The van der Waals surface area contributed by atoms with Crippen LogP contribution in [0, 0.1) is 0 Å². The van der Waals surface area contributed by atoms with Crippen molar-refractivity contribution in [1.82, 2.24) is 10.2 Å². The van der Waals surface area contributed by atoms with E-state index in [0.29, 0.717) is 17.5 Å². The number of carbonyl (C=O) groups is 3. The average molecular weight is 410 g/mol. The summed E-state index contributed by atoms with van der Waals surface area (Å²) in [7, 11) is 1.58. The second kappa shape index (κ2) is 8.18. The van der Waals surface area contributed by atoms with E-state index in [2.05, 4.69) is 5.32 Å². The number of hydrogen-bond acceptors (Lipinski definition) is 4. The van der Waals surface area contributed by atoms with Crippen molar-refractivity contribution in [3.8, 4) is 11.1 Å². The van der Waals surface area contributed by atoms with Gasteiger partial charge in [-0.25, -0.2) is 9.59 Å². The first-order valence-corrected chi connectivity index (χ1v) is 9.79. The second-order valence-electron chi connectivity index (χ2n) is 8.19. The van der Waals surface area contributed by atoms with Gasteiger partial charge in [0.15, 0.2) is 6.04 Å². The molecule has 3 rings (SSSR count). The lowest BCUT2D eigenvalue weighted by Crippen LogP contribution is -2.45. The number of rotatable bonds is 3. The zero-order valence-corrected chi connectivity index (χ0v) is 17.6. The van der Waals surface area contributed by atoms with Crippen LogP contribution < -0.4 is 5.32 Å². The van der Waals surface area contributed by atoms with Crippen molar-refractivity contribution >= 4 is 18.0 Å². The molecule has 0 saturated heterocycles. The van der Waals surface area contributed by atoms with Gasteiger partial charge in [-0.15, -0.1) is 0 Å². The van der Waals surface area contributed by atoms with Gasteiger partial charge in [0.1, 0.15) is 5.60 Å². The third kappa shape index (κ3) is 4.30. The minimum atomic E-state index is -1.12. The molecule has 1 aliphatic heterocycles. The summed E-state index contributed by atoms with van der Waals surface area (Å²) in [4.78, 5) is 37.8. The van der Waals surface area contributed by atoms with Gasteiger partial charge >= 0.3 is 12.1 Å². The topological polar surface area (TPSA) is 95.9 Å². The number of benzene rings is 2. The lowest BCUT2D eigenvalue weighted by Gasteiger charge is -2.36. The standard InChI is InChI=1S/C23H26N2O5/c1-23(2,3)30-22(29)25-13-12-17-16(6-5-7-18(17)19(25)21(27)28)14-8-10-15(11-9-14)20(26)24-4/h5-11,19H,12-13H2,1-4H3,(H,24,26)(H,27,28)/t19-/m0/s1. The zero-order chi connectivity index (χ0) is 22.1. The molecule has 0 bridgehead atoms. The fourth-order valence-electron chi connectivity index (χ4n) is 3.67. The number of carboxylic acids is 1. The molecule has 1 heterocycles. The first kappa shape index (κ1) is 21.4. The highest BCUT2D eigenvalue weighted by Gasteiger charge is 2.38. The predicted molar refractivity (Wildman–Crippen MR) is 112 cm³/mol. The van der Waals surface area contributed by atoms with Gasteiger partial charge in [0.05, 0.1) is 0 Å². The number of carbonyl (C=O) groups excluding carboxylic acids is 2. The van der Waals surface area contributed by atoms with E-state index < -0.39 is 23.7 Å². The van der Waals surface area contributed by atoms with E-state index in [9.17, 15) is 19.5 Å². The van der Waals surface area contributed by atoms with Gasteiger partial charge in [0.25, 0.3) is 5.91 Å². The van der Waals surface area contributed by atoms with Gasteiger partial charge in [0, 0.05) is 19.2 Å². The number of hydrogen-bond donors (Lipinski definition) is 2. The van der Waals surface area contributed by atoms with Crippen molar-refractivity contribution in [2.24, 2.45) is 0 Å². The Morgan fingerprint density at radius 1 is 1.10 bits per heavy atom. The van der Waals surface area contributed by atoms with Gasteiger partial charge in [-0.2, -0.15) is 0 Å². The fraction of sp³-hybridized carbons (Fsp3) is 0.348. The Morgan fingerprint density at radius 2 is 1.77 bits per heavy atom. The lowest BCUT2D eigenvalue weighted by atomic mass is 9.86. The summed E-state index contributed by atoms with van der Waals surface area (Å²) >= 11 is 0. The molecule has 0 radical (unpaired) electrons. The van der Waals surface area contributed by atoms with Gasteiger partial charge in [-0.05, 0) is 61.6 Å². The molecule has 1 aliphatic rings. The summed E-state index contributed by atoms with van der Waals surface area (Å²) in [5, 5.41) is 12.5. The quantitative estimate of drug-likeness (QED) is 0.806. The normalized spacial score (nSPS) is 15.9. The van der Waals surface area contributed by atoms with E-state index in [0.717, 1.165) is 16.7 Å². The number of amides is 2. The van der Waals surface area contributed by atoms with Crippen LogP contribution in [0.25, 0.3) is 11.1 Å². The van der Waals surface area contributed by atoms with Crippen molar-refractivity contribution in [3.05, 3.63) is 59.2 Å². The van der Waals surface area contributed by atoms with E-state index in [-0.39, 0.29) is 12.5 Å².